The molecular weight excluding hydrogens is 376 g/mol. The number of rotatable bonds is 4. The molecule has 0 N–H and O–H groups in total. The molecule has 148 valence electrons. The van der Waals surface area contributed by atoms with Crippen LogP contribution in [0.3, 0.4) is 0 Å². The first-order valence-electron chi connectivity index (χ1n) is 9.13. The van der Waals surface area contributed by atoms with Crippen molar-refractivity contribution in [3.8, 4) is 0 Å². The van der Waals surface area contributed by atoms with Crippen molar-refractivity contribution in [3.05, 3.63) is 69.7 Å². The highest BCUT2D eigenvalue weighted by atomic mass is 16.6. The second kappa shape index (κ2) is 7.34. The Morgan fingerprint density at radius 3 is 2.86 bits per heavy atom. The minimum atomic E-state index is -0.678. The van der Waals surface area contributed by atoms with Crippen LogP contribution in [0.15, 0.2) is 42.6 Å². The Balaban J connectivity index is 1.46. The third-order valence-electron chi connectivity index (χ3n) is 4.93. The van der Waals surface area contributed by atoms with Crippen molar-refractivity contribution in [1.82, 2.24) is 9.38 Å². The van der Waals surface area contributed by atoms with Gasteiger partial charge in [0.2, 0.25) is 0 Å². The van der Waals surface area contributed by atoms with Gasteiger partial charge < -0.3 is 14.0 Å². The van der Waals surface area contributed by atoms with Crippen LogP contribution in [-0.4, -0.2) is 39.3 Å². The van der Waals surface area contributed by atoms with Crippen LogP contribution in [0.1, 0.15) is 28.2 Å². The van der Waals surface area contributed by atoms with Crippen LogP contribution in [0.25, 0.3) is 5.65 Å². The fourth-order valence-corrected chi connectivity index (χ4v) is 3.48. The van der Waals surface area contributed by atoms with Crippen molar-refractivity contribution in [2.75, 3.05) is 18.1 Å². The van der Waals surface area contributed by atoms with Gasteiger partial charge in [-0.05, 0) is 43.5 Å². The zero-order chi connectivity index (χ0) is 20.5. The molecule has 0 saturated carbocycles. The van der Waals surface area contributed by atoms with Gasteiger partial charge in [-0.1, -0.05) is 6.07 Å². The molecule has 0 fully saturated rings. The van der Waals surface area contributed by atoms with Gasteiger partial charge in [-0.25, -0.2) is 9.78 Å². The zero-order valence-electron chi connectivity index (χ0n) is 15.7. The van der Waals surface area contributed by atoms with E-state index in [1.54, 1.807) is 22.7 Å². The number of imidazole rings is 1. The number of nitrogens with zero attached hydrogens (tertiary/aromatic N) is 4. The van der Waals surface area contributed by atoms with Crippen molar-refractivity contribution in [3.63, 3.8) is 0 Å². The monoisotopic (exact) mass is 394 g/mol. The van der Waals surface area contributed by atoms with Crippen LogP contribution >= 0.6 is 0 Å². The molecule has 0 radical (unpaired) electrons. The van der Waals surface area contributed by atoms with Gasteiger partial charge in [0.25, 0.3) is 11.6 Å². The molecule has 29 heavy (non-hydrogen) atoms. The molecule has 9 heteroatoms. The molecule has 1 aliphatic heterocycles. The lowest BCUT2D eigenvalue weighted by Gasteiger charge is -2.29. The van der Waals surface area contributed by atoms with E-state index in [9.17, 15) is 19.7 Å². The number of hydrogen-bond donors (Lipinski definition) is 0. The lowest BCUT2D eigenvalue weighted by molar-refractivity contribution is -0.384. The van der Waals surface area contributed by atoms with E-state index in [2.05, 4.69) is 4.98 Å². The van der Waals surface area contributed by atoms with Crippen LogP contribution in [0.4, 0.5) is 11.4 Å². The lowest BCUT2D eigenvalue weighted by atomic mass is 10.0. The maximum Gasteiger partial charge on any atom is 0.359 e. The van der Waals surface area contributed by atoms with E-state index in [-0.39, 0.29) is 17.3 Å². The van der Waals surface area contributed by atoms with Crippen LogP contribution in [0.5, 0.6) is 0 Å². The van der Waals surface area contributed by atoms with E-state index in [0.717, 1.165) is 11.3 Å². The Labute approximate surface area is 165 Å². The maximum absolute atomic E-state index is 12.6. The largest absolute Gasteiger partial charge is 0.451 e. The normalized spacial score (nSPS) is 13.2. The summed E-state index contributed by atoms with van der Waals surface area (Å²) in [6.07, 6.45) is 2.91. The van der Waals surface area contributed by atoms with Gasteiger partial charge in [-0.2, -0.15) is 0 Å². The molecule has 3 heterocycles. The fourth-order valence-electron chi connectivity index (χ4n) is 3.48. The van der Waals surface area contributed by atoms with Crippen molar-refractivity contribution in [1.29, 1.82) is 0 Å². The molecule has 0 spiro atoms. The molecule has 1 amide bonds. The van der Waals surface area contributed by atoms with Crippen LogP contribution in [0.2, 0.25) is 0 Å². The number of amides is 1. The number of fused-ring (bicyclic) bond motifs is 2. The molecule has 4 rings (SSSR count). The van der Waals surface area contributed by atoms with Gasteiger partial charge in [-0.15, -0.1) is 0 Å². The number of carbonyl (C=O) groups is 2. The van der Waals surface area contributed by atoms with E-state index >= 15 is 0 Å². The van der Waals surface area contributed by atoms with Gasteiger partial charge in [-0.3, -0.25) is 14.9 Å². The topological polar surface area (TPSA) is 107 Å². The number of hydrogen-bond acceptors (Lipinski definition) is 6. The molecule has 0 unspecified atom stereocenters. The molecule has 3 aromatic rings. The Hall–Kier alpha value is -3.75. The number of carbonyl (C=O) groups excluding carboxylic acids is 2. The third-order valence-corrected chi connectivity index (χ3v) is 4.93. The van der Waals surface area contributed by atoms with E-state index in [4.69, 9.17) is 4.74 Å². The average molecular weight is 394 g/mol. The van der Waals surface area contributed by atoms with Gasteiger partial charge in [0.1, 0.15) is 5.65 Å². The highest BCUT2D eigenvalue weighted by Gasteiger charge is 2.25. The third kappa shape index (κ3) is 3.54. The number of anilines is 1. The average Bonchev–Trinajstić information content (AvgIpc) is 3.16. The molecular formula is C20H18N4O5. The number of benzene rings is 1. The number of non-ortho nitro benzene ring substituents is 1. The van der Waals surface area contributed by atoms with E-state index in [0.29, 0.717) is 30.7 Å². The standard InChI is InChI=1S/C20H18N4O5/c1-13-4-2-6-18-21-16(11-23(13)18)20(26)29-12-19(25)22-9-3-5-14-10-15(24(27)28)7-8-17(14)22/h2,4,6-8,10-11H,3,5,9,12H2,1H3. The van der Waals surface area contributed by atoms with Crippen molar-refractivity contribution >= 4 is 28.9 Å². The summed E-state index contributed by atoms with van der Waals surface area (Å²) in [5.41, 5.74) is 3.01. The summed E-state index contributed by atoms with van der Waals surface area (Å²) >= 11 is 0. The number of ether oxygens (including phenoxy) is 1. The Morgan fingerprint density at radius 1 is 1.28 bits per heavy atom. The first-order chi connectivity index (χ1) is 13.9. The summed E-state index contributed by atoms with van der Waals surface area (Å²) in [5, 5.41) is 11.0. The van der Waals surface area contributed by atoms with Crippen molar-refractivity contribution in [2.24, 2.45) is 0 Å². The van der Waals surface area contributed by atoms with Crippen LogP contribution < -0.4 is 4.90 Å². The summed E-state index contributed by atoms with van der Waals surface area (Å²) in [7, 11) is 0. The number of pyridine rings is 1. The molecule has 1 aromatic carbocycles. The van der Waals surface area contributed by atoms with Crippen LogP contribution in [0, 0.1) is 17.0 Å². The Bertz CT molecular complexity index is 1140. The number of nitro groups is 1. The number of aromatic nitrogens is 2. The molecule has 0 bridgehead atoms. The number of nitro benzene ring substituents is 1. The minimum Gasteiger partial charge on any atom is -0.451 e. The molecule has 1 aliphatic rings. The summed E-state index contributed by atoms with van der Waals surface area (Å²) in [6, 6.07) is 9.94. The highest BCUT2D eigenvalue weighted by molar-refractivity contribution is 5.97. The predicted octanol–water partition coefficient (Wildman–Crippen LogP) is 2.69. The van der Waals surface area contributed by atoms with Gasteiger partial charge in [0.05, 0.1) is 4.92 Å². The minimum absolute atomic E-state index is 0.00776. The van der Waals surface area contributed by atoms with E-state index in [1.165, 1.54) is 17.0 Å². The van der Waals surface area contributed by atoms with Gasteiger partial charge >= 0.3 is 5.97 Å². The molecule has 2 aromatic heterocycles. The van der Waals surface area contributed by atoms with Gasteiger partial charge in [0.15, 0.2) is 12.3 Å². The molecule has 0 atom stereocenters. The summed E-state index contributed by atoms with van der Waals surface area (Å²) in [5.74, 6) is -1.06. The van der Waals surface area contributed by atoms with Crippen molar-refractivity contribution in [2.45, 2.75) is 19.8 Å². The molecule has 0 saturated heterocycles. The highest BCUT2D eigenvalue weighted by Crippen LogP contribution is 2.30. The lowest BCUT2D eigenvalue weighted by Crippen LogP contribution is -2.38. The summed E-state index contributed by atoms with van der Waals surface area (Å²) in [4.78, 5) is 41.2. The first-order valence-corrected chi connectivity index (χ1v) is 9.13. The van der Waals surface area contributed by atoms with E-state index in [1.807, 2.05) is 19.1 Å². The zero-order valence-corrected chi connectivity index (χ0v) is 15.7. The van der Waals surface area contributed by atoms with Crippen LogP contribution in [-0.2, 0) is 16.0 Å². The Kier molecular flexibility index (Phi) is 4.71. The quantitative estimate of drug-likeness (QED) is 0.383. The second-order valence-electron chi connectivity index (χ2n) is 6.82. The first kappa shape index (κ1) is 18.6. The molecule has 9 nitrogen and oxygen atoms in total. The fraction of sp³-hybridized carbons (Fsp3) is 0.250. The number of aryl methyl sites for hydroxylation is 2. The van der Waals surface area contributed by atoms with E-state index < -0.39 is 17.5 Å². The predicted molar refractivity (Wildman–Crippen MR) is 104 cm³/mol. The van der Waals surface area contributed by atoms with Gasteiger partial charge in [0, 0.05) is 36.3 Å². The Morgan fingerprint density at radius 2 is 2.10 bits per heavy atom. The summed E-state index contributed by atoms with van der Waals surface area (Å²) in [6.45, 7) is 1.93. The maximum atomic E-state index is 12.6. The number of esters is 1. The SMILES string of the molecule is Cc1cccc2nc(C(=O)OCC(=O)N3CCCc4cc([N+](=O)[O-])ccc43)cn12. The summed E-state index contributed by atoms with van der Waals surface area (Å²) < 4.78 is 6.95. The second-order valence-corrected chi connectivity index (χ2v) is 6.82. The smallest absolute Gasteiger partial charge is 0.359 e. The van der Waals surface area contributed by atoms with Crippen molar-refractivity contribution < 1.29 is 19.2 Å². The molecule has 0 aliphatic carbocycles.